The molecule has 24 heavy (non-hydrogen) atoms. The lowest BCUT2D eigenvalue weighted by molar-refractivity contribution is 0.0398. The molecule has 1 saturated heterocycles. The second-order valence-electron chi connectivity index (χ2n) is 6.48. The van der Waals surface area contributed by atoms with Gasteiger partial charge in [0.15, 0.2) is 17.0 Å². The molecule has 3 heterocycles. The molecule has 4 rings (SSSR count). The average molecular weight is 351 g/mol. The topological polar surface area (TPSA) is 68.1 Å². The van der Waals surface area contributed by atoms with Gasteiger partial charge in [0.2, 0.25) is 5.28 Å². The predicted octanol–water partition coefficient (Wildman–Crippen LogP) is 2.34. The minimum absolute atomic E-state index is 0.274. The molecule has 1 saturated carbocycles. The number of aromatic nitrogens is 4. The number of ether oxygens (including phenoxy) is 1. The van der Waals surface area contributed by atoms with Gasteiger partial charge in [-0.25, -0.2) is 4.98 Å². The Kier molecular flexibility index (Phi) is 4.82. The van der Waals surface area contributed by atoms with Crippen LogP contribution in [0.2, 0.25) is 5.28 Å². The highest BCUT2D eigenvalue weighted by molar-refractivity contribution is 6.28. The van der Waals surface area contributed by atoms with E-state index in [0.717, 1.165) is 56.4 Å². The highest BCUT2D eigenvalue weighted by Gasteiger charge is 2.21. The van der Waals surface area contributed by atoms with E-state index >= 15 is 0 Å². The summed E-state index contributed by atoms with van der Waals surface area (Å²) < 4.78 is 7.55. The fraction of sp³-hybridized carbons (Fsp3) is 0.688. The fourth-order valence-electron chi connectivity index (χ4n) is 3.62. The summed E-state index contributed by atoms with van der Waals surface area (Å²) in [6.45, 7) is 5.36. The van der Waals surface area contributed by atoms with Crippen molar-refractivity contribution in [2.24, 2.45) is 0 Å². The standard InChI is InChI=1S/C16H23ClN6O/c17-16-20-14(18-5-6-22-7-9-24-10-8-22)13-15(21-16)23(11-19-13)12-3-1-2-4-12/h11-12H,1-10H2,(H,18,20,21). The largest absolute Gasteiger partial charge is 0.379 e. The van der Waals surface area contributed by atoms with E-state index in [4.69, 9.17) is 16.3 Å². The number of fused-ring (bicyclic) bond motifs is 1. The summed E-state index contributed by atoms with van der Waals surface area (Å²) in [5.74, 6) is 0.731. The summed E-state index contributed by atoms with van der Waals surface area (Å²) in [6, 6.07) is 0.488. The summed E-state index contributed by atoms with van der Waals surface area (Å²) in [5.41, 5.74) is 1.66. The molecular formula is C16H23ClN6O. The van der Waals surface area contributed by atoms with Crippen LogP contribution in [-0.2, 0) is 4.74 Å². The smallest absolute Gasteiger partial charge is 0.226 e. The molecular weight excluding hydrogens is 328 g/mol. The van der Waals surface area contributed by atoms with Crippen LogP contribution in [0.5, 0.6) is 0 Å². The van der Waals surface area contributed by atoms with Gasteiger partial charge in [0, 0.05) is 32.2 Å². The molecule has 2 fully saturated rings. The zero-order valence-corrected chi connectivity index (χ0v) is 14.5. The third-order valence-corrected chi connectivity index (χ3v) is 5.11. The van der Waals surface area contributed by atoms with Crippen LogP contribution in [0.1, 0.15) is 31.7 Å². The summed E-state index contributed by atoms with van der Waals surface area (Å²) in [5, 5.41) is 3.66. The minimum atomic E-state index is 0.274. The van der Waals surface area contributed by atoms with Crippen LogP contribution in [0.15, 0.2) is 6.33 Å². The molecule has 1 N–H and O–H groups in total. The van der Waals surface area contributed by atoms with Gasteiger partial charge in [-0.1, -0.05) is 12.8 Å². The molecule has 1 aliphatic heterocycles. The van der Waals surface area contributed by atoms with Crippen molar-refractivity contribution < 1.29 is 4.74 Å². The van der Waals surface area contributed by atoms with Gasteiger partial charge in [-0.05, 0) is 24.4 Å². The molecule has 0 spiro atoms. The maximum Gasteiger partial charge on any atom is 0.226 e. The van der Waals surface area contributed by atoms with Crippen LogP contribution in [-0.4, -0.2) is 63.8 Å². The Bertz CT molecular complexity index is 693. The first-order valence-corrected chi connectivity index (χ1v) is 9.13. The molecule has 2 aromatic heterocycles. The molecule has 8 heteroatoms. The summed E-state index contributed by atoms with van der Waals surface area (Å²) in [4.78, 5) is 15.7. The molecule has 130 valence electrons. The van der Waals surface area contributed by atoms with Crippen molar-refractivity contribution in [3.63, 3.8) is 0 Å². The second kappa shape index (κ2) is 7.21. The highest BCUT2D eigenvalue weighted by Crippen LogP contribution is 2.32. The van der Waals surface area contributed by atoms with E-state index in [9.17, 15) is 0 Å². The molecule has 2 aromatic rings. The Morgan fingerprint density at radius 1 is 1.21 bits per heavy atom. The lowest BCUT2D eigenvalue weighted by atomic mass is 10.2. The summed E-state index contributed by atoms with van der Waals surface area (Å²) in [6.07, 6.45) is 6.81. The van der Waals surface area contributed by atoms with Crippen LogP contribution < -0.4 is 5.32 Å². The Balaban J connectivity index is 1.49. The number of hydrogen-bond acceptors (Lipinski definition) is 6. The Morgan fingerprint density at radius 3 is 2.79 bits per heavy atom. The third kappa shape index (κ3) is 3.34. The number of rotatable bonds is 5. The first-order chi connectivity index (χ1) is 11.8. The number of morpholine rings is 1. The monoisotopic (exact) mass is 350 g/mol. The number of halogens is 1. The Morgan fingerprint density at radius 2 is 2.00 bits per heavy atom. The van der Waals surface area contributed by atoms with E-state index in [1.807, 2.05) is 6.33 Å². The molecule has 0 bridgehead atoms. The van der Waals surface area contributed by atoms with Crippen molar-refractivity contribution in [1.82, 2.24) is 24.4 Å². The molecule has 0 unspecified atom stereocenters. The van der Waals surface area contributed by atoms with Crippen LogP contribution in [0, 0.1) is 0 Å². The molecule has 2 aliphatic rings. The first kappa shape index (κ1) is 16.1. The van der Waals surface area contributed by atoms with Crippen molar-refractivity contribution >= 4 is 28.6 Å². The lowest BCUT2D eigenvalue weighted by Crippen LogP contribution is -2.39. The van der Waals surface area contributed by atoms with Crippen molar-refractivity contribution in [2.75, 3.05) is 44.7 Å². The first-order valence-electron chi connectivity index (χ1n) is 8.75. The summed E-state index contributed by atoms with van der Waals surface area (Å²) >= 11 is 6.16. The van der Waals surface area contributed by atoms with Gasteiger partial charge in [-0.3, -0.25) is 4.90 Å². The zero-order chi connectivity index (χ0) is 16.4. The van der Waals surface area contributed by atoms with E-state index in [1.165, 1.54) is 25.7 Å². The molecule has 0 radical (unpaired) electrons. The van der Waals surface area contributed by atoms with Crippen LogP contribution in [0.4, 0.5) is 5.82 Å². The molecule has 0 amide bonds. The van der Waals surface area contributed by atoms with E-state index < -0.39 is 0 Å². The van der Waals surface area contributed by atoms with Gasteiger partial charge in [0.05, 0.1) is 19.5 Å². The second-order valence-corrected chi connectivity index (χ2v) is 6.82. The Hall–Kier alpha value is -1.44. The van der Waals surface area contributed by atoms with Gasteiger partial charge in [0.25, 0.3) is 0 Å². The van der Waals surface area contributed by atoms with E-state index in [-0.39, 0.29) is 5.28 Å². The number of nitrogens with zero attached hydrogens (tertiary/aromatic N) is 5. The van der Waals surface area contributed by atoms with Gasteiger partial charge < -0.3 is 14.6 Å². The zero-order valence-electron chi connectivity index (χ0n) is 13.7. The van der Waals surface area contributed by atoms with Crippen LogP contribution in [0.25, 0.3) is 11.2 Å². The predicted molar refractivity (Wildman–Crippen MR) is 93.6 cm³/mol. The van der Waals surface area contributed by atoms with Crippen LogP contribution >= 0.6 is 11.6 Å². The van der Waals surface area contributed by atoms with Crippen LogP contribution in [0.3, 0.4) is 0 Å². The number of nitrogens with one attached hydrogen (secondary N) is 1. The fourth-order valence-corrected chi connectivity index (χ4v) is 3.78. The quantitative estimate of drug-likeness (QED) is 0.835. The van der Waals surface area contributed by atoms with Crippen molar-refractivity contribution in [2.45, 2.75) is 31.7 Å². The molecule has 0 aromatic carbocycles. The molecule has 1 aliphatic carbocycles. The van der Waals surface area contributed by atoms with E-state index in [1.54, 1.807) is 0 Å². The van der Waals surface area contributed by atoms with Crippen molar-refractivity contribution in [1.29, 1.82) is 0 Å². The number of anilines is 1. The van der Waals surface area contributed by atoms with Gasteiger partial charge in [-0.15, -0.1) is 0 Å². The number of imidazole rings is 1. The van der Waals surface area contributed by atoms with Gasteiger partial charge in [0.1, 0.15) is 0 Å². The lowest BCUT2D eigenvalue weighted by Gasteiger charge is -2.26. The number of hydrogen-bond donors (Lipinski definition) is 1. The highest BCUT2D eigenvalue weighted by atomic mass is 35.5. The SMILES string of the molecule is Clc1nc(NCCN2CCOCC2)c2ncn(C3CCCC3)c2n1. The normalized spacial score (nSPS) is 20.0. The van der Waals surface area contributed by atoms with E-state index in [2.05, 4.69) is 29.7 Å². The maximum atomic E-state index is 6.16. The van der Waals surface area contributed by atoms with E-state index in [0.29, 0.717) is 6.04 Å². The van der Waals surface area contributed by atoms with Crippen molar-refractivity contribution in [3.05, 3.63) is 11.6 Å². The minimum Gasteiger partial charge on any atom is -0.379 e. The molecule has 0 atom stereocenters. The summed E-state index contributed by atoms with van der Waals surface area (Å²) in [7, 11) is 0. The van der Waals surface area contributed by atoms with Gasteiger partial charge >= 0.3 is 0 Å². The molecule has 7 nitrogen and oxygen atoms in total. The maximum absolute atomic E-state index is 6.16. The van der Waals surface area contributed by atoms with Crippen molar-refractivity contribution in [3.8, 4) is 0 Å². The third-order valence-electron chi connectivity index (χ3n) is 4.94. The Labute approximate surface area is 146 Å². The average Bonchev–Trinajstić information content (AvgIpc) is 3.24. The van der Waals surface area contributed by atoms with Gasteiger partial charge in [-0.2, -0.15) is 9.97 Å².